The number of hydrogen-bond donors (Lipinski definition) is 1. The number of rotatable bonds is 5. The Hall–Kier alpha value is -4.00. The van der Waals surface area contributed by atoms with Gasteiger partial charge in [0.25, 0.3) is 5.56 Å². The number of halogens is 1. The van der Waals surface area contributed by atoms with Crippen LogP contribution in [0.2, 0.25) is 0 Å². The van der Waals surface area contributed by atoms with Gasteiger partial charge in [-0.2, -0.15) is 0 Å². The van der Waals surface area contributed by atoms with E-state index in [0.29, 0.717) is 34.6 Å². The Morgan fingerprint density at radius 1 is 1.06 bits per heavy atom. The summed E-state index contributed by atoms with van der Waals surface area (Å²) >= 11 is 0. The molecule has 0 radical (unpaired) electrons. The molecule has 0 aliphatic rings. The van der Waals surface area contributed by atoms with Crippen molar-refractivity contribution >= 4 is 22.6 Å². The molecule has 1 atom stereocenters. The van der Waals surface area contributed by atoms with Gasteiger partial charge in [0.1, 0.15) is 11.6 Å². The summed E-state index contributed by atoms with van der Waals surface area (Å²) < 4.78 is 15.2. The number of carbonyl (C=O) groups excluding carboxylic acids is 1. The van der Waals surface area contributed by atoms with Crippen LogP contribution in [-0.4, -0.2) is 27.0 Å². The number of anilines is 1. The Labute approximate surface area is 197 Å². The average molecular weight is 459 g/mol. The topological polar surface area (TPSA) is 67.2 Å². The molecule has 0 aliphatic carbocycles. The van der Waals surface area contributed by atoms with E-state index in [1.54, 1.807) is 27.7 Å². The maximum atomic E-state index is 13.6. The zero-order valence-corrected chi connectivity index (χ0v) is 19.7. The maximum Gasteiger partial charge on any atom is 0.322 e. The summed E-state index contributed by atoms with van der Waals surface area (Å²) in [6.07, 6.45) is 0. The highest BCUT2D eigenvalue weighted by molar-refractivity contribution is 5.89. The monoisotopic (exact) mass is 458 g/mol. The first kappa shape index (κ1) is 23.2. The predicted octanol–water partition coefficient (Wildman–Crippen LogP) is 5.76. The third-order valence-electron chi connectivity index (χ3n) is 6.07. The van der Waals surface area contributed by atoms with E-state index < -0.39 is 17.9 Å². The normalized spacial score (nSPS) is 11.9. The number of para-hydroxylation sites is 1. The van der Waals surface area contributed by atoms with Crippen LogP contribution in [0.4, 0.5) is 14.9 Å². The highest BCUT2D eigenvalue weighted by Crippen LogP contribution is 2.24. The summed E-state index contributed by atoms with van der Waals surface area (Å²) in [7, 11) is 0. The molecule has 34 heavy (non-hydrogen) atoms. The van der Waals surface area contributed by atoms with Gasteiger partial charge in [-0.15, -0.1) is 0 Å². The number of fused-ring (bicyclic) bond motifs is 1. The van der Waals surface area contributed by atoms with E-state index in [9.17, 15) is 14.0 Å². The van der Waals surface area contributed by atoms with Crippen molar-refractivity contribution in [2.75, 3.05) is 11.9 Å². The fraction of sp³-hybridized carbons (Fsp3) is 0.222. The van der Waals surface area contributed by atoms with Crippen molar-refractivity contribution in [3.63, 3.8) is 0 Å². The Morgan fingerprint density at radius 2 is 1.82 bits per heavy atom. The number of carbonyl (C=O) groups is 1. The van der Waals surface area contributed by atoms with Gasteiger partial charge in [0.05, 0.1) is 22.6 Å². The second-order valence-electron chi connectivity index (χ2n) is 8.30. The summed E-state index contributed by atoms with van der Waals surface area (Å²) in [6.45, 7) is 8.05. The summed E-state index contributed by atoms with van der Waals surface area (Å²) in [4.78, 5) is 33.2. The Balaban J connectivity index is 1.83. The second-order valence-corrected chi connectivity index (χ2v) is 8.30. The van der Waals surface area contributed by atoms with Crippen LogP contribution in [0.1, 0.15) is 36.8 Å². The number of nitrogens with zero attached hydrogens (tertiary/aromatic N) is 3. The van der Waals surface area contributed by atoms with Gasteiger partial charge in [-0.3, -0.25) is 9.36 Å². The minimum Gasteiger partial charge on any atom is -0.315 e. The van der Waals surface area contributed by atoms with Crippen LogP contribution < -0.4 is 10.9 Å². The molecule has 0 bridgehead atoms. The molecule has 1 aromatic heterocycles. The number of aryl methyl sites for hydroxylation is 2. The minimum atomic E-state index is -0.544. The average Bonchev–Trinajstić information content (AvgIpc) is 2.81. The zero-order chi connectivity index (χ0) is 24.4. The number of urea groups is 1. The molecule has 0 saturated heterocycles. The number of aromatic nitrogens is 2. The number of hydrogen-bond acceptors (Lipinski definition) is 3. The standard InChI is InChI=1S/C27H27FN4O2/c1-5-31(27(34)29-21-10-8-9-20(28)16-21)19(4)25-30-24-12-7-6-11-23(24)26(33)32(25)22-14-13-17(2)18(3)15-22/h6-16,19H,5H2,1-4H3,(H,29,34). The Bertz CT molecular complexity index is 1430. The van der Waals surface area contributed by atoms with E-state index in [4.69, 9.17) is 4.98 Å². The van der Waals surface area contributed by atoms with Gasteiger partial charge in [0.2, 0.25) is 0 Å². The predicted molar refractivity (Wildman–Crippen MR) is 133 cm³/mol. The van der Waals surface area contributed by atoms with Gasteiger partial charge in [-0.05, 0) is 81.3 Å². The van der Waals surface area contributed by atoms with Crippen molar-refractivity contribution in [2.45, 2.75) is 33.7 Å². The molecule has 1 heterocycles. The fourth-order valence-electron chi connectivity index (χ4n) is 4.04. The van der Waals surface area contributed by atoms with Crippen LogP contribution in [0.15, 0.2) is 71.5 Å². The van der Waals surface area contributed by atoms with Crippen molar-refractivity contribution in [1.29, 1.82) is 0 Å². The molecule has 2 amide bonds. The molecule has 0 aliphatic heterocycles. The highest BCUT2D eigenvalue weighted by Gasteiger charge is 2.26. The lowest BCUT2D eigenvalue weighted by Crippen LogP contribution is -2.39. The molecule has 174 valence electrons. The lowest BCUT2D eigenvalue weighted by Gasteiger charge is -2.29. The first-order chi connectivity index (χ1) is 16.3. The van der Waals surface area contributed by atoms with Crippen molar-refractivity contribution < 1.29 is 9.18 Å². The number of benzene rings is 3. The van der Waals surface area contributed by atoms with E-state index in [-0.39, 0.29) is 5.56 Å². The molecule has 1 unspecified atom stereocenters. The first-order valence-corrected chi connectivity index (χ1v) is 11.2. The van der Waals surface area contributed by atoms with Gasteiger partial charge in [0.15, 0.2) is 0 Å². The van der Waals surface area contributed by atoms with E-state index in [1.165, 1.54) is 18.2 Å². The Morgan fingerprint density at radius 3 is 2.53 bits per heavy atom. The maximum absolute atomic E-state index is 13.6. The fourth-order valence-corrected chi connectivity index (χ4v) is 4.04. The summed E-state index contributed by atoms with van der Waals surface area (Å²) in [5.74, 6) is 0.0110. The van der Waals surface area contributed by atoms with Crippen LogP contribution in [0.3, 0.4) is 0 Å². The lowest BCUT2D eigenvalue weighted by atomic mass is 10.1. The van der Waals surface area contributed by atoms with Crippen LogP contribution >= 0.6 is 0 Å². The molecule has 4 aromatic rings. The molecular weight excluding hydrogens is 431 g/mol. The second kappa shape index (κ2) is 9.47. The smallest absolute Gasteiger partial charge is 0.315 e. The van der Waals surface area contributed by atoms with Gasteiger partial charge in [-0.25, -0.2) is 14.2 Å². The van der Waals surface area contributed by atoms with E-state index in [2.05, 4.69) is 5.32 Å². The van der Waals surface area contributed by atoms with Crippen molar-refractivity contribution in [2.24, 2.45) is 0 Å². The SMILES string of the molecule is CCN(C(=O)Nc1cccc(F)c1)C(C)c1nc2ccccc2c(=O)n1-c1ccc(C)c(C)c1. The number of amides is 2. The molecule has 0 fully saturated rings. The van der Waals surface area contributed by atoms with Crippen molar-refractivity contribution in [1.82, 2.24) is 14.5 Å². The number of nitrogens with one attached hydrogen (secondary N) is 1. The zero-order valence-electron chi connectivity index (χ0n) is 19.7. The quantitative estimate of drug-likeness (QED) is 0.414. The molecule has 0 spiro atoms. The molecule has 3 aromatic carbocycles. The van der Waals surface area contributed by atoms with Gasteiger partial charge in [0, 0.05) is 12.2 Å². The van der Waals surface area contributed by atoms with E-state index in [0.717, 1.165) is 11.1 Å². The van der Waals surface area contributed by atoms with Crippen LogP contribution in [-0.2, 0) is 0 Å². The van der Waals surface area contributed by atoms with Gasteiger partial charge < -0.3 is 10.2 Å². The molecule has 6 nitrogen and oxygen atoms in total. The summed E-state index contributed by atoms with van der Waals surface area (Å²) in [5, 5.41) is 3.25. The Kier molecular flexibility index (Phi) is 6.45. The van der Waals surface area contributed by atoms with Crippen molar-refractivity contribution in [3.8, 4) is 5.69 Å². The summed E-state index contributed by atoms with van der Waals surface area (Å²) in [5.41, 5.74) is 3.58. The van der Waals surface area contributed by atoms with Crippen molar-refractivity contribution in [3.05, 3.63) is 99.9 Å². The molecule has 0 saturated carbocycles. The summed E-state index contributed by atoms with van der Waals surface area (Å²) in [6, 6.07) is 17.8. The molecular formula is C27H27FN4O2. The van der Waals surface area contributed by atoms with E-state index in [1.807, 2.05) is 58.0 Å². The highest BCUT2D eigenvalue weighted by atomic mass is 19.1. The van der Waals surface area contributed by atoms with Crippen LogP contribution in [0.25, 0.3) is 16.6 Å². The first-order valence-electron chi connectivity index (χ1n) is 11.2. The lowest BCUT2D eigenvalue weighted by molar-refractivity contribution is 0.193. The van der Waals surface area contributed by atoms with Gasteiger partial charge in [-0.1, -0.05) is 24.3 Å². The third kappa shape index (κ3) is 4.41. The largest absolute Gasteiger partial charge is 0.322 e. The van der Waals surface area contributed by atoms with E-state index >= 15 is 0 Å². The van der Waals surface area contributed by atoms with Crippen LogP contribution in [0, 0.1) is 19.7 Å². The van der Waals surface area contributed by atoms with Gasteiger partial charge >= 0.3 is 6.03 Å². The molecule has 7 heteroatoms. The third-order valence-corrected chi connectivity index (χ3v) is 6.07. The van der Waals surface area contributed by atoms with Crippen LogP contribution in [0.5, 0.6) is 0 Å². The molecule has 4 rings (SSSR count). The molecule has 1 N–H and O–H groups in total. The minimum absolute atomic E-state index is 0.197.